The summed E-state index contributed by atoms with van der Waals surface area (Å²) in [6.07, 6.45) is 7.04. The fourth-order valence-electron chi connectivity index (χ4n) is 3.70. The van der Waals surface area contributed by atoms with Crippen molar-refractivity contribution in [3.05, 3.63) is 59.4 Å². The first-order valence-corrected chi connectivity index (χ1v) is 9.98. The van der Waals surface area contributed by atoms with E-state index in [4.69, 9.17) is 4.74 Å². The number of benzene rings is 1. The fraction of sp³-hybridized carbons (Fsp3) is 0.455. The summed E-state index contributed by atoms with van der Waals surface area (Å²) in [4.78, 5) is 7.70. The van der Waals surface area contributed by atoms with Crippen molar-refractivity contribution >= 4 is 0 Å². The molecule has 1 aliphatic carbocycles. The van der Waals surface area contributed by atoms with Crippen LogP contribution in [0.1, 0.15) is 56.6 Å². The van der Waals surface area contributed by atoms with Crippen molar-refractivity contribution in [3.8, 4) is 11.8 Å². The summed E-state index contributed by atoms with van der Waals surface area (Å²) in [7, 11) is 0. The third-order valence-corrected chi connectivity index (χ3v) is 5.24. The van der Waals surface area contributed by atoms with Gasteiger partial charge in [-0.3, -0.25) is 0 Å². The summed E-state index contributed by atoms with van der Waals surface area (Å²) in [6, 6.07) is 1.05. The van der Waals surface area contributed by atoms with E-state index in [2.05, 4.69) is 26.9 Å². The van der Waals surface area contributed by atoms with E-state index in [0.717, 1.165) is 43.4 Å². The molecule has 0 atom stereocenters. The molecule has 0 unspecified atom stereocenters. The highest BCUT2D eigenvalue weighted by atomic mass is 19.3. The number of allylic oxidation sites excluding steroid dienone is 2. The first-order chi connectivity index (χ1) is 14.4. The van der Waals surface area contributed by atoms with Gasteiger partial charge in [0.05, 0.1) is 6.61 Å². The lowest BCUT2D eigenvalue weighted by Crippen LogP contribution is -2.25. The van der Waals surface area contributed by atoms with E-state index in [1.807, 2.05) is 6.92 Å². The fourth-order valence-corrected chi connectivity index (χ4v) is 3.70. The van der Waals surface area contributed by atoms with E-state index in [9.17, 15) is 17.6 Å². The standard InChI is InChI=1S/C22H24F4N2O2/c1-3-5-14-6-8-15(9-7-14)16-12-27-21(28-13-16)30-22(25,26)17-10-11-18(29-4-2)20(24)19(17)23/h3,5,10-15H,4,6-9H2,1-2H3/b5-3+. The van der Waals surface area contributed by atoms with E-state index in [0.29, 0.717) is 5.92 Å². The lowest BCUT2D eigenvalue weighted by Gasteiger charge is -2.26. The molecule has 0 bridgehead atoms. The SMILES string of the molecule is C/C=C/C1CCC(c2cnc(OC(F)(F)c3ccc(OCC)c(F)c3F)nc2)CC1. The highest BCUT2D eigenvalue weighted by Crippen LogP contribution is 2.37. The molecule has 1 aromatic carbocycles. The van der Waals surface area contributed by atoms with Crippen LogP contribution >= 0.6 is 0 Å². The maximum absolute atomic E-state index is 14.4. The molecule has 0 saturated heterocycles. The van der Waals surface area contributed by atoms with Gasteiger partial charge < -0.3 is 9.47 Å². The number of aromatic nitrogens is 2. The number of nitrogens with zero attached hydrogens (tertiary/aromatic N) is 2. The summed E-state index contributed by atoms with van der Waals surface area (Å²) < 4.78 is 66.2. The normalized spacial score (nSPS) is 19.8. The molecule has 0 amide bonds. The molecule has 0 aliphatic heterocycles. The monoisotopic (exact) mass is 424 g/mol. The summed E-state index contributed by atoms with van der Waals surface area (Å²) in [6.45, 7) is 3.64. The second-order valence-electron chi connectivity index (χ2n) is 7.23. The highest BCUT2D eigenvalue weighted by Gasteiger charge is 2.40. The molecular weight excluding hydrogens is 400 g/mol. The van der Waals surface area contributed by atoms with E-state index in [-0.39, 0.29) is 12.5 Å². The molecular formula is C22H24F4N2O2. The van der Waals surface area contributed by atoms with Crippen LogP contribution < -0.4 is 9.47 Å². The lowest BCUT2D eigenvalue weighted by atomic mass is 9.79. The molecule has 3 rings (SSSR count). The summed E-state index contributed by atoms with van der Waals surface area (Å²) in [5.74, 6) is -2.85. The zero-order chi connectivity index (χ0) is 21.7. The number of halogens is 4. The Kier molecular flexibility index (Phi) is 6.95. The second kappa shape index (κ2) is 9.45. The van der Waals surface area contributed by atoms with Crippen molar-refractivity contribution < 1.29 is 27.0 Å². The topological polar surface area (TPSA) is 44.2 Å². The van der Waals surface area contributed by atoms with Gasteiger partial charge in [0, 0.05) is 12.4 Å². The van der Waals surface area contributed by atoms with E-state index in [1.165, 1.54) is 12.4 Å². The smallest absolute Gasteiger partial charge is 0.431 e. The third-order valence-electron chi connectivity index (χ3n) is 5.24. The van der Waals surface area contributed by atoms with Crippen molar-refractivity contribution in [1.29, 1.82) is 0 Å². The maximum atomic E-state index is 14.4. The Hall–Kier alpha value is -2.64. The van der Waals surface area contributed by atoms with E-state index < -0.39 is 35.1 Å². The zero-order valence-electron chi connectivity index (χ0n) is 16.9. The van der Waals surface area contributed by atoms with Crippen LogP contribution in [-0.2, 0) is 6.11 Å². The van der Waals surface area contributed by atoms with Crippen LogP contribution in [0.3, 0.4) is 0 Å². The van der Waals surface area contributed by atoms with Crippen LogP contribution in [0.25, 0.3) is 0 Å². The van der Waals surface area contributed by atoms with Gasteiger partial charge in [-0.15, -0.1) is 0 Å². The third kappa shape index (κ3) is 4.91. The lowest BCUT2D eigenvalue weighted by molar-refractivity contribution is -0.192. The Morgan fingerprint density at radius 1 is 1.07 bits per heavy atom. The van der Waals surface area contributed by atoms with Gasteiger partial charge in [-0.05, 0) is 69.1 Å². The van der Waals surface area contributed by atoms with Crippen LogP contribution in [-0.4, -0.2) is 16.6 Å². The quantitative estimate of drug-likeness (QED) is 0.396. The van der Waals surface area contributed by atoms with Crippen LogP contribution in [0.2, 0.25) is 0 Å². The first kappa shape index (κ1) is 22.1. The molecule has 30 heavy (non-hydrogen) atoms. The Morgan fingerprint density at radius 2 is 1.73 bits per heavy atom. The molecule has 2 aromatic rings. The van der Waals surface area contributed by atoms with Gasteiger partial charge in [0.15, 0.2) is 11.6 Å². The van der Waals surface area contributed by atoms with Gasteiger partial charge in [0.25, 0.3) is 0 Å². The van der Waals surface area contributed by atoms with Gasteiger partial charge in [-0.1, -0.05) is 12.2 Å². The molecule has 0 spiro atoms. The minimum absolute atomic E-state index is 0.0692. The molecule has 1 aromatic heterocycles. The highest BCUT2D eigenvalue weighted by molar-refractivity contribution is 5.33. The van der Waals surface area contributed by atoms with Gasteiger partial charge in [0.1, 0.15) is 5.56 Å². The molecule has 0 N–H and O–H groups in total. The van der Waals surface area contributed by atoms with Crippen molar-refractivity contribution in [2.24, 2.45) is 5.92 Å². The molecule has 8 heteroatoms. The minimum atomic E-state index is -4.15. The molecule has 1 saturated carbocycles. The largest absolute Gasteiger partial charge is 0.491 e. The van der Waals surface area contributed by atoms with Gasteiger partial charge in [0.2, 0.25) is 5.82 Å². The Morgan fingerprint density at radius 3 is 2.33 bits per heavy atom. The summed E-state index contributed by atoms with van der Waals surface area (Å²) in [5.41, 5.74) is -0.402. The molecule has 0 radical (unpaired) electrons. The van der Waals surface area contributed by atoms with Crippen LogP contribution in [0, 0.1) is 17.6 Å². The number of alkyl halides is 2. The van der Waals surface area contributed by atoms with Crippen LogP contribution in [0.5, 0.6) is 11.8 Å². The zero-order valence-corrected chi connectivity index (χ0v) is 16.9. The van der Waals surface area contributed by atoms with Crippen molar-refractivity contribution in [1.82, 2.24) is 9.97 Å². The molecule has 1 heterocycles. The summed E-state index contributed by atoms with van der Waals surface area (Å²) >= 11 is 0. The Balaban J connectivity index is 1.70. The van der Waals surface area contributed by atoms with Crippen LogP contribution in [0.4, 0.5) is 17.6 Å². The Bertz CT molecular complexity index is 879. The predicted octanol–water partition coefficient (Wildman–Crippen LogP) is 6.13. The number of ether oxygens (including phenoxy) is 2. The molecule has 1 aliphatic rings. The molecule has 4 nitrogen and oxygen atoms in total. The average Bonchev–Trinajstić information content (AvgIpc) is 2.73. The van der Waals surface area contributed by atoms with Crippen molar-refractivity contribution in [2.75, 3.05) is 6.61 Å². The minimum Gasteiger partial charge on any atom is -0.491 e. The predicted molar refractivity (Wildman–Crippen MR) is 104 cm³/mol. The van der Waals surface area contributed by atoms with E-state index in [1.54, 1.807) is 6.92 Å². The van der Waals surface area contributed by atoms with Crippen LogP contribution in [0.15, 0.2) is 36.7 Å². The Labute approximate surface area is 173 Å². The maximum Gasteiger partial charge on any atom is 0.431 e. The van der Waals surface area contributed by atoms with Gasteiger partial charge >= 0.3 is 12.1 Å². The molecule has 162 valence electrons. The van der Waals surface area contributed by atoms with E-state index >= 15 is 0 Å². The van der Waals surface area contributed by atoms with Crippen molar-refractivity contribution in [3.63, 3.8) is 0 Å². The first-order valence-electron chi connectivity index (χ1n) is 9.98. The average molecular weight is 424 g/mol. The molecule has 1 fully saturated rings. The van der Waals surface area contributed by atoms with Crippen molar-refractivity contribution in [2.45, 2.75) is 51.6 Å². The number of rotatable bonds is 7. The summed E-state index contributed by atoms with van der Waals surface area (Å²) in [5, 5.41) is 0. The number of hydrogen-bond acceptors (Lipinski definition) is 4. The number of hydrogen-bond donors (Lipinski definition) is 0. The second-order valence-corrected chi connectivity index (χ2v) is 7.23. The van der Waals surface area contributed by atoms with Gasteiger partial charge in [-0.25, -0.2) is 14.4 Å². The van der Waals surface area contributed by atoms with Gasteiger partial charge in [-0.2, -0.15) is 13.2 Å².